The maximum absolute atomic E-state index is 12.2. The van der Waals surface area contributed by atoms with E-state index >= 15 is 0 Å². The summed E-state index contributed by atoms with van der Waals surface area (Å²) in [5, 5.41) is 0.561. The lowest BCUT2D eigenvalue weighted by molar-refractivity contribution is 0.590. The minimum atomic E-state index is -0.464. The van der Waals surface area contributed by atoms with Crippen LogP contribution >= 0.6 is 11.3 Å². The van der Waals surface area contributed by atoms with E-state index in [0.29, 0.717) is 10.2 Å². The van der Waals surface area contributed by atoms with Crippen molar-refractivity contribution in [2.24, 2.45) is 0 Å². The Kier molecular flexibility index (Phi) is 3.33. The molecule has 3 rings (SSSR count). The normalized spacial score (nSPS) is 12.0. The second-order valence-electron chi connectivity index (χ2n) is 6.47. The van der Waals surface area contributed by atoms with Gasteiger partial charge in [-0.1, -0.05) is 45.0 Å². The third kappa shape index (κ3) is 2.41. The van der Waals surface area contributed by atoms with Gasteiger partial charge in [0.2, 0.25) is 0 Å². The molecule has 5 heteroatoms. The standard InChI is InChI=1S/C17H18N2O2S/c1-9-12(10-5-7-11(8-6-10)17(2,3)4)13-14(20)18-16(21)19-15(13)22-9/h5-8H,1-4H3,(H2,18,19,20,21). The van der Waals surface area contributed by atoms with Gasteiger partial charge in [0.1, 0.15) is 4.83 Å². The molecule has 2 aromatic heterocycles. The zero-order chi connectivity index (χ0) is 16.1. The van der Waals surface area contributed by atoms with Crippen LogP contribution in [0, 0.1) is 6.92 Å². The molecule has 0 spiro atoms. The summed E-state index contributed by atoms with van der Waals surface area (Å²) in [6.07, 6.45) is 0. The predicted molar refractivity (Wildman–Crippen MR) is 91.9 cm³/mol. The van der Waals surface area contributed by atoms with Crippen LogP contribution in [0.15, 0.2) is 33.9 Å². The van der Waals surface area contributed by atoms with E-state index in [0.717, 1.165) is 16.0 Å². The van der Waals surface area contributed by atoms with Crippen molar-refractivity contribution < 1.29 is 0 Å². The molecule has 0 amide bonds. The number of aryl methyl sites for hydroxylation is 1. The van der Waals surface area contributed by atoms with Crippen LogP contribution in [0.3, 0.4) is 0 Å². The number of fused-ring (bicyclic) bond motifs is 1. The summed E-state index contributed by atoms with van der Waals surface area (Å²) < 4.78 is 0. The number of benzene rings is 1. The molecule has 0 saturated heterocycles. The Hall–Kier alpha value is -2.14. The van der Waals surface area contributed by atoms with E-state index in [2.05, 4.69) is 42.9 Å². The summed E-state index contributed by atoms with van der Waals surface area (Å²) in [5.74, 6) is 0. The molecular weight excluding hydrogens is 296 g/mol. The van der Waals surface area contributed by atoms with Crippen LogP contribution in [-0.4, -0.2) is 9.97 Å². The highest BCUT2D eigenvalue weighted by Gasteiger charge is 2.17. The van der Waals surface area contributed by atoms with Gasteiger partial charge in [-0.3, -0.25) is 14.8 Å². The van der Waals surface area contributed by atoms with E-state index < -0.39 is 5.69 Å². The quantitative estimate of drug-likeness (QED) is 0.721. The summed E-state index contributed by atoms with van der Waals surface area (Å²) in [7, 11) is 0. The highest BCUT2D eigenvalue weighted by atomic mass is 32.1. The lowest BCUT2D eigenvalue weighted by Gasteiger charge is -2.19. The van der Waals surface area contributed by atoms with Crippen LogP contribution in [0.2, 0.25) is 0 Å². The second kappa shape index (κ2) is 4.95. The van der Waals surface area contributed by atoms with Gasteiger partial charge >= 0.3 is 5.69 Å². The van der Waals surface area contributed by atoms with Gasteiger partial charge in [0.15, 0.2) is 0 Å². The van der Waals surface area contributed by atoms with Crippen LogP contribution in [0.1, 0.15) is 31.2 Å². The van der Waals surface area contributed by atoms with Crippen molar-refractivity contribution in [3.8, 4) is 11.1 Å². The van der Waals surface area contributed by atoms with Gasteiger partial charge in [0.05, 0.1) is 5.39 Å². The fourth-order valence-electron chi connectivity index (χ4n) is 2.63. The van der Waals surface area contributed by atoms with Crippen molar-refractivity contribution in [2.45, 2.75) is 33.1 Å². The van der Waals surface area contributed by atoms with Crippen LogP contribution in [0.5, 0.6) is 0 Å². The first-order valence-corrected chi connectivity index (χ1v) is 7.95. The van der Waals surface area contributed by atoms with Crippen molar-refractivity contribution in [3.63, 3.8) is 0 Å². The number of hydrogen-bond donors (Lipinski definition) is 2. The average molecular weight is 314 g/mol. The lowest BCUT2D eigenvalue weighted by Crippen LogP contribution is -2.21. The Balaban J connectivity index is 2.25. The molecule has 0 radical (unpaired) electrons. The number of hydrogen-bond acceptors (Lipinski definition) is 3. The first-order chi connectivity index (χ1) is 10.3. The Morgan fingerprint density at radius 1 is 1.00 bits per heavy atom. The van der Waals surface area contributed by atoms with Crippen molar-refractivity contribution in [1.82, 2.24) is 9.97 Å². The molecule has 0 fully saturated rings. The number of rotatable bonds is 1. The molecule has 2 heterocycles. The van der Waals surface area contributed by atoms with Crippen LogP contribution in [0.25, 0.3) is 21.3 Å². The molecule has 114 valence electrons. The maximum Gasteiger partial charge on any atom is 0.326 e. The van der Waals surface area contributed by atoms with Gasteiger partial charge in [0.25, 0.3) is 5.56 Å². The van der Waals surface area contributed by atoms with E-state index in [-0.39, 0.29) is 11.0 Å². The zero-order valence-electron chi connectivity index (χ0n) is 13.0. The fraction of sp³-hybridized carbons (Fsp3) is 0.294. The van der Waals surface area contributed by atoms with Crippen molar-refractivity contribution >= 4 is 21.6 Å². The number of aromatic nitrogens is 2. The van der Waals surface area contributed by atoms with E-state index in [1.54, 1.807) is 0 Å². The van der Waals surface area contributed by atoms with Crippen molar-refractivity contribution in [3.05, 3.63) is 55.5 Å². The number of H-pyrrole nitrogens is 2. The van der Waals surface area contributed by atoms with Crippen LogP contribution in [0.4, 0.5) is 0 Å². The fourth-order valence-corrected chi connectivity index (χ4v) is 3.70. The molecule has 0 atom stereocenters. The van der Waals surface area contributed by atoms with Crippen molar-refractivity contribution in [1.29, 1.82) is 0 Å². The van der Waals surface area contributed by atoms with Crippen molar-refractivity contribution in [2.75, 3.05) is 0 Å². The second-order valence-corrected chi connectivity index (χ2v) is 7.70. The molecule has 2 N–H and O–H groups in total. The number of nitrogens with one attached hydrogen (secondary N) is 2. The molecule has 0 aliphatic rings. The average Bonchev–Trinajstić information content (AvgIpc) is 2.74. The highest BCUT2D eigenvalue weighted by molar-refractivity contribution is 7.19. The van der Waals surface area contributed by atoms with Crippen LogP contribution < -0.4 is 11.2 Å². The third-order valence-corrected chi connectivity index (χ3v) is 4.83. The topological polar surface area (TPSA) is 65.7 Å². The molecule has 0 aliphatic carbocycles. The van der Waals surface area contributed by atoms with E-state index in [1.807, 2.05) is 19.1 Å². The van der Waals surface area contributed by atoms with Gasteiger partial charge < -0.3 is 0 Å². The first kappa shape index (κ1) is 14.8. The Morgan fingerprint density at radius 2 is 1.64 bits per heavy atom. The van der Waals surface area contributed by atoms with Gasteiger partial charge in [-0.15, -0.1) is 11.3 Å². The molecule has 0 saturated carbocycles. The van der Waals surface area contributed by atoms with E-state index in [9.17, 15) is 9.59 Å². The minimum Gasteiger partial charge on any atom is -0.298 e. The van der Waals surface area contributed by atoms with Crippen LogP contribution in [-0.2, 0) is 5.41 Å². The SMILES string of the molecule is Cc1sc2[nH]c(=O)[nH]c(=O)c2c1-c1ccc(C(C)(C)C)cc1. The first-order valence-electron chi connectivity index (χ1n) is 7.14. The molecule has 4 nitrogen and oxygen atoms in total. The lowest BCUT2D eigenvalue weighted by atomic mass is 9.86. The molecule has 0 bridgehead atoms. The largest absolute Gasteiger partial charge is 0.326 e. The smallest absolute Gasteiger partial charge is 0.298 e. The minimum absolute atomic E-state index is 0.0903. The highest BCUT2D eigenvalue weighted by Crippen LogP contribution is 2.35. The Morgan fingerprint density at radius 3 is 2.23 bits per heavy atom. The molecule has 0 aliphatic heterocycles. The number of thiophene rings is 1. The summed E-state index contributed by atoms with van der Waals surface area (Å²) in [6, 6.07) is 8.27. The third-order valence-electron chi connectivity index (χ3n) is 3.81. The molecule has 1 aromatic carbocycles. The Bertz CT molecular complexity index is 953. The van der Waals surface area contributed by atoms with Gasteiger partial charge in [-0.25, -0.2) is 4.79 Å². The van der Waals surface area contributed by atoms with Gasteiger partial charge in [-0.2, -0.15) is 0 Å². The summed E-state index contributed by atoms with van der Waals surface area (Å²) in [5.41, 5.74) is 2.43. The van der Waals surface area contributed by atoms with Gasteiger partial charge in [0, 0.05) is 10.4 Å². The monoisotopic (exact) mass is 314 g/mol. The number of aromatic amines is 2. The molecule has 22 heavy (non-hydrogen) atoms. The van der Waals surface area contributed by atoms with E-state index in [1.165, 1.54) is 16.9 Å². The molecule has 0 unspecified atom stereocenters. The zero-order valence-corrected chi connectivity index (χ0v) is 13.9. The summed E-state index contributed by atoms with van der Waals surface area (Å²) in [4.78, 5) is 30.2. The molecule has 3 aromatic rings. The Labute approximate surface area is 131 Å². The molecular formula is C17H18N2O2S. The maximum atomic E-state index is 12.2. The van der Waals surface area contributed by atoms with Gasteiger partial charge in [-0.05, 0) is 23.5 Å². The predicted octanol–water partition coefficient (Wildman–Crippen LogP) is 3.55. The summed E-state index contributed by atoms with van der Waals surface area (Å²) in [6.45, 7) is 8.48. The van der Waals surface area contributed by atoms with E-state index in [4.69, 9.17) is 0 Å². The summed E-state index contributed by atoms with van der Waals surface area (Å²) >= 11 is 1.44.